The summed E-state index contributed by atoms with van der Waals surface area (Å²) >= 11 is 0. The average molecular weight is 1080 g/mol. The van der Waals surface area contributed by atoms with Gasteiger partial charge in [-0.15, -0.1) is 0 Å². The van der Waals surface area contributed by atoms with Crippen LogP contribution in [0.2, 0.25) is 39.3 Å². The van der Waals surface area contributed by atoms with Gasteiger partial charge < -0.3 is 39.7 Å². The molecule has 18 heteroatoms. The fourth-order valence-corrected chi connectivity index (χ4v) is 9.21. The third-order valence-electron chi connectivity index (χ3n) is 11.1. The predicted octanol–water partition coefficient (Wildman–Crippen LogP) is 9.72. The maximum absolute atomic E-state index is 13.3. The van der Waals surface area contributed by atoms with Crippen LogP contribution >= 0.6 is 0 Å². The third-order valence-corrected chi connectivity index (χ3v) is 13.6. The van der Waals surface area contributed by atoms with Gasteiger partial charge in [0.1, 0.15) is 27.8 Å². The number of nitrogens with zero attached hydrogens (tertiary/aromatic N) is 4. The van der Waals surface area contributed by atoms with Crippen molar-refractivity contribution in [3.8, 4) is 0 Å². The number of nitrogen functional groups attached to an aromatic ring is 1. The number of carbonyl (C=O) groups is 6. The second kappa shape index (κ2) is 29.6. The van der Waals surface area contributed by atoms with Crippen LogP contribution in [-0.4, -0.2) is 97.2 Å². The normalized spacial score (nSPS) is 12.4. The van der Waals surface area contributed by atoms with E-state index in [4.69, 9.17) is 19.9 Å². The molecule has 76 heavy (non-hydrogen) atoms. The van der Waals surface area contributed by atoms with Gasteiger partial charge in [-0.2, -0.15) is 0 Å². The summed E-state index contributed by atoms with van der Waals surface area (Å²) in [5.74, 6) is -2.78. The maximum Gasteiger partial charge on any atom is 0.310 e. The Morgan fingerprint density at radius 1 is 0.605 bits per heavy atom. The lowest BCUT2D eigenvalue weighted by Gasteiger charge is -2.23. The van der Waals surface area contributed by atoms with E-state index in [0.29, 0.717) is 54.8 Å². The minimum Gasteiger partial charge on any atom is -0.466 e. The molecule has 2 aliphatic rings. The summed E-state index contributed by atoms with van der Waals surface area (Å²) in [5, 5.41) is 0.581. The number of nitrogens with one attached hydrogen (secondary N) is 2. The molecular weight excluding hydrogens is 995 g/mol. The lowest BCUT2D eigenvalue weighted by Crippen LogP contribution is -2.52. The van der Waals surface area contributed by atoms with Crippen LogP contribution in [0.5, 0.6) is 0 Å². The zero-order valence-electron chi connectivity index (χ0n) is 47.7. The molecule has 0 unspecified atom stereocenters. The van der Waals surface area contributed by atoms with Gasteiger partial charge in [-0.25, -0.2) is 9.97 Å². The molecule has 4 N–H and O–H groups in total. The average Bonchev–Trinajstić information content (AvgIpc) is 4.00. The molecule has 0 aliphatic carbocycles. The van der Waals surface area contributed by atoms with Gasteiger partial charge in [0.25, 0.3) is 17.6 Å². The number of anilines is 1. The van der Waals surface area contributed by atoms with Gasteiger partial charge in [0.2, 0.25) is 5.95 Å². The second-order valence-electron chi connectivity index (χ2n) is 20.7. The number of esters is 3. The molecule has 412 valence electrons. The smallest absolute Gasteiger partial charge is 0.310 e. The molecule has 0 spiro atoms. The lowest BCUT2D eigenvalue weighted by atomic mass is 9.96. The van der Waals surface area contributed by atoms with E-state index < -0.39 is 45.7 Å². The summed E-state index contributed by atoms with van der Waals surface area (Å²) in [6.07, 6.45) is -0.0767. The first-order chi connectivity index (χ1) is 35.8. The van der Waals surface area contributed by atoms with Crippen LogP contribution in [0.3, 0.4) is 0 Å². The summed E-state index contributed by atoms with van der Waals surface area (Å²) in [7, 11) is -2.09. The van der Waals surface area contributed by atoms with Crippen LogP contribution in [0.4, 0.5) is 5.95 Å². The molecule has 0 saturated carbocycles. The molecule has 2 amide bonds. The van der Waals surface area contributed by atoms with Gasteiger partial charge in [-0.3, -0.25) is 28.8 Å². The van der Waals surface area contributed by atoms with E-state index in [-0.39, 0.29) is 55.0 Å². The number of carbonyl (C=O) groups excluding carboxylic acids is 6. The Hall–Kier alpha value is -6.61. The monoisotopic (exact) mass is 1080 g/mol. The predicted molar refractivity (Wildman–Crippen MR) is 306 cm³/mol. The number of aromatic nitrogens is 2. The molecule has 0 saturated heterocycles. The lowest BCUT2D eigenvalue weighted by molar-refractivity contribution is -0.154. The van der Waals surface area contributed by atoms with Crippen LogP contribution in [0, 0.1) is 0 Å². The largest absolute Gasteiger partial charge is 0.466 e. The summed E-state index contributed by atoms with van der Waals surface area (Å²) in [6.45, 7) is 34.0. The Morgan fingerprint density at radius 3 is 1.50 bits per heavy atom. The number of rotatable bonds is 15. The number of Topliss-reactive ketones (excluding diaryl/α,β-unsaturated/α-hetero) is 1. The van der Waals surface area contributed by atoms with Gasteiger partial charge in [0.05, 0.1) is 38.0 Å². The number of fused-ring (bicyclic) bond motifs is 3. The molecule has 0 fully saturated rings. The zero-order valence-corrected chi connectivity index (χ0v) is 49.7. The van der Waals surface area contributed by atoms with Crippen LogP contribution in [0.1, 0.15) is 122 Å². The van der Waals surface area contributed by atoms with Crippen molar-refractivity contribution in [3.05, 3.63) is 135 Å². The maximum atomic E-state index is 13.3. The molecule has 5 aromatic rings. The van der Waals surface area contributed by atoms with E-state index in [2.05, 4.69) is 59.2 Å². The summed E-state index contributed by atoms with van der Waals surface area (Å²) < 4.78 is 15.4. The SMILES string of the molecule is CC.CC.CCOC(=O)Cc1ccc(CC(=O)OC(C)(C)C)c(C(=O)C(=O)N2Cc3ccccc3C2)c1.CCOC(=O)Cc1ccc2nc(N)nc(C(=O)N3Cc4ccccc4C3)c2c1.C[Si](C)(C)NCN[Si](C)(C)C. The van der Waals surface area contributed by atoms with E-state index in [1.54, 1.807) is 69.9 Å². The first kappa shape index (κ1) is 63.7. The summed E-state index contributed by atoms with van der Waals surface area (Å²) in [4.78, 5) is 94.5. The van der Waals surface area contributed by atoms with Crippen molar-refractivity contribution in [2.45, 2.75) is 153 Å². The molecule has 0 bridgehead atoms. The Balaban J connectivity index is 0.000000320. The van der Waals surface area contributed by atoms with Crippen LogP contribution in [-0.2, 0) is 78.8 Å². The molecular formula is C58H83N7O9Si2. The number of ether oxygens (including phenoxy) is 3. The van der Waals surface area contributed by atoms with E-state index in [1.165, 1.54) is 11.0 Å². The Labute approximate surface area is 453 Å². The zero-order chi connectivity index (χ0) is 57.0. The van der Waals surface area contributed by atoms with Gasteiger partial charge in [0, 0.05) is 43.8 Å². The quantitative estimate of drug-likeness (QED) is 0.0223. The fourth-order valence-electron chi connectivity index (χ4n) is 7.79. The first-order valence-electron chi connectivity index (χ1n) is 26.3. The minimum absolute atomic E-state index is 0.0375. The summed E-state index contributed by atoms with van der Waals surface area (Å²) in [5.41, 5.74) is 12.0. The molecule has 1 aromatic heterocycles. The molecule has 0 radical (unpaired) electrons. The van der Waals surface area contributed by atoms with Crippen molar-refractivity contribution >= 4 is 68.8 Å². The minimum atomic E-state index is -1.05. The number of benzene rings is 4. The van der Waals surface area contributed by atoms with Crippen molar-refractivity contribution in [3.63, 3.8) is 0 Å². The van der Waals surface area contributed by atoms with Crippen molar-refractivity contribution in [2.24, 2.45) is 0 Å². The van der Waals surface area contributed by atoms with E-state index >= 15 is 0 Å². The standard InChI is InChI=1S/C26H29NO6.C21H20N4O3.C7H22N2Si2.2C2H6/c1-5-32-22(28)13-17-10-11-18(14-23(29)33-26(2,3)4)21(12-17)24(30)25(31)27-15-19-8-6-7-9-20(19)16-27;1-2-28-18(26)10-13-7-8-17-16(9-13)19(24-21(22)23-17)20(27)25-11-14-5-3-4-6-15(14)12-25;1-10(2,3)8-7-9-11(4,5)6;2*1-2/h6-12H,5,13-16H2,1-4H3;3-9H,2,10-12H2,1H3,(H2,22,23,24);8-9H,7H2,1-6H3;2*1-2H3. The molecule has 16 nitrogen and oxygen atoms in total. The molecule has 4 aromatic carbocycles. The number of ketones is 1. The van der Waals surface area contributed by atoms with Crippen molar-refractivity contribution in [1.82, 2.24) is 29.7 Å². The Kier molecular flexibility index (Phi) is 24.8. The Bertz CT molecular complexity index is 2720. The highest BCUT2D eigenvalue weighted by Gasteiger charge is 2.31. The second-order valence-corrected chi connectivity index (χ2v) is 30.4. The fraction of sp³-hybridized carbons (Fsp3) is 0.448. The molecule has 7 rings (SSSR count). The summed E-state index contributed by atoms with van der Waals surface area (Å²) in [6, 6.07) is 25.7. The van der Waals surface area contributed by atoms with Crippen LogP contribution in [0.25, 0.3) is 10.9 Å². The molecule has 3 heterocycles. The topological polar surface area (TPSA) is 212 Å². The van der Waals surface area contributed by atoms with Gasteiger partial charge in [0.15, 0.2) is 0 Å². The van der Waals surface area contributed by atoms with Gasteiger partial charge in [-0.1, -0.05) is 134 Å². The van der Waals surface area contributed by atoms with E-state index in [9.17, 15) is 28.8 Å². The van der Waals surface area contributed by atoms with Crippen molar-refractivity contribution in [1.29, 1.82) is 0 Å². The highest BCUT2D eigenvalue weighted by atomic mass is 28.3. The highest BCUT2D eigenvalue weighted by molar-refractivity contribution is 6.75. The van der Waals surface area contributed by atoms with Crippen molar-refractivity contribution < 1.29 is 43.0 Å². The first-order valence-corrected chi connectivity index (χ1v) is 33.3. The molecule has 2 aliphatic heterocycles. The van der Waals surface area contributed by atoms with Crippen molar-refractivity contribution in [2.75, 3.05) is 25.6 Å². The van der Waals surface area contributed by atoms with Crippen LogP contribution in [0.15, 0.2) is 84.9 Å². The number of hydrogen-bond donors (Lipinski definition) is 3. The van der Waals surface area contributed by atoms with Gasteiger partial charge in [-0.05, 0) is 91.8 Å². The Morgan fingerprint density at radius 2 is 1.05 bits per heavy atom. The van der Waals surface area contributed by atoms with Crippen LogP contribution < -0.4 is 15.7 Å². The number of nitrogens with two attached hydrogens (primary N) is 1. The van der Waals surface area contributed by atoms with E-state index in [1.807, 2.05) is 76.2 Å². The highest BCUT2D eigenvalue weighted by Crippen LogP contribution is 2.28. The third kappa shape index (κ3) is 20.5. The van der Waals surface area contributed by atoms with E-state index in [0.717, 1.165) is 34.5 Å². The van der Waals surface area contributed by atoms with Gasteiger partial charge >= 0.3 is 17.9 Å². The number of hydrogen-bond acceptors (Lipinski definition) is 14. The molecule has 0 atom stereocenters. The number of amides is 2.